The summed E-state index contributed by atoms with van der Waals surface area (Å²) in [6.07, 6.45) is -6.08. The Balaban J connectivity index is 2.83. The molecule has 15 heavy (non-hydrogen) atoms. The highest BCUT2D eigenvalue weighted by Crippen LogP contribution is 2.19. The Labute approximate surface area is 85.5 Å². The molecule has 0 unspecified atom stereocenters. The molecule has 7 nitrogen and oxygen atoms in total. The first-order valence-corrected chi connectivity index (χ1v) is 4.19. The number of ketones is 1. The monoisotopic (exact) mass is 220 g/mol. The van der Waals surface area contributed by atoms with E-state index in [1.165, 1.54) is 7.11 Å². The van der Waals surface area contributed by atoms with E-state index in [1.807, 2.05) is 0 Å². The molecular weight excluding hydrogens is 208 g/mol. The number of Topliss-reactive ketones (excluding diaryl/α,β-unsaturated/α-hetero) is 1. The molecule has 0 saturated carbocycles. The molecule has 1 rings (SSSR count). The molecule has 4 atom stereocenters. The molecular formula is C8H12O7. The van der Waals surface area contributed by atoms with Crippen molar-refractivity contribution in [3.05, 3.63) is 0 Å². The van der Waals surface area contributed by atoms with Crippen LogP contribution in [0.25, 0.3) is 0 Å². The standard InChI is InChI=1S/C8H12O7/c1-13-7(12)6-4(10)3(9)5(11)8(14-2)15-6/h4-6,8,10-11H,1-2H3/t4-,5+,6-,8+/m0/s1. The number of aliphatic hydroxyl groups is 2. The predicted molar refractivity (Wildman–Crippen MR) is 44.7 cm³/mol. The molecule has 0 aliphatic carbocycles. The van der Waals surface area contributed by atoms with E-state index in [2.05, 4.69) is 9.47 Å². The third-order valence-corrected chi connectivity index (χ3v) is 2.07. The molecule has 7 heteroatoms. The quantitative estimate of drug-likeness (QED) is 0.510. The number of esters is 1. The van der Waals surface area contributed by atoms with Crippen molar-refractivity contribution in [2.75, 3.05) is 14.2 Å². The zero-order valence-corrected chi connectivity index (χ0v) is 8.25. The van der Waals surface area contributed by atoms with Gasteiger partial charge in [-0.3, -0.25) is 4.79 Å². The maximum absolute atomic E-state index is 11.3. The minimum atomic E-state index is -1.74. The van der Waals surface area contributed by atoms with Gasteiger partial charge < -0.3 is 24.4 Å². The molecule has 1 heterocycles. The number of aliphatic hydroxyl groups excluding tert-OH is 2. The molecule has 1 aliphatic heterocycles. The highest BCUT2D eigenvalue weighted by molar-refractivity contribution is 5.93. The summed E-state index contributed by atoms with van der Waals surface area (Å²) in [7, 11) is 2.29. The summed E-state index contributed by atoms with van der Waals surface area (Å²) < 4.78 is 13.8. The lowest BCUT2D eigenvalue weighted by Gasteiger charge is -2.33. The van der Waals surface area contributed by atoms with Gasteiger partial charge in [-0.15, -0.1) is 0 Å². The van der Waals surface area contributed by atoms with Crippen molar-refractivity contribution in [3.63, 3.8) is 0 Å². The molecule has 0 aromatic heterocycles. The van der Waals surface area contributed by atoms with E-state index in [-0.39, 0.29) is 0 Å². The van der Waals surface area contributed by atoms with E-state index in [1.54, 1.807) is 0 Å². The second kappa shape index (κ2) is 4.67. The molecule has 86 valence electrons. The number of carbonyl (C=O) groups is 2. The average molecular weight is 220 g/mol. The fourth-order valence-corrected chi connectivity index (χ4v) is 1.24. The first kappa shape index (κ1) is 12.1. The van der Waals surface area contributed by atoms with Crippen molar-refractivity contribution in [1.82, 2.24) is 0 Å². The predicted octanol–water partition coefficient (Wildman–Crippen LogP) is -2.18. The topological polar surface area (TPSA) is 102 Å². The van der Waals surface area contributed by atoms with Gasteiger partial charge in [0.25, 0.3) is 0 Å². The van der Waals surface area contributed by atoms with Crippen LogP contribution in [0.4, 0.5) is 0 Å². The highest BCUT2D eigenvalue weighted by atomic mass is 16.7. The Bertz CT molecular complexity index is 264. The van der Waals surface area contributed by atoms with Crippen molar-refractivity contribution in [3.8, 4) is 0 Å². The molecule has 2 N–H and O–H groups in total. The van der Waals surface area contributed by atoms with Gasteiger partial charge in [0, 0.05) is 7.11 Å². The molecule has 0 aromatic rings. The van der Waals surface area contributed by atoms with Gasteiger partial charge in [0.05, 0.1) is 7.11 Å². The summed E-state index contributed by atoms with van der Waals surface area (Å²) in [6.45, 7) is 0. The van der Waals surface area contributed by atoms with Gasteiger partial charge in [0.1, 0.15) is 0 Å². The Kier molecular flexibility index (Phi) is 3.75. The summed E-state index contributed by atoms with van der Waals surface area (Å²) in [4.78, 5) is 22.4. The third-order valence-electron chi connectivity index (χ3n) is 2.07. The first-order chi connectivity index (χ1) is 7.02. The van der Waals surface area contributed by atoms with Crippen LogP contribution in [0, 0.1) is 0 Å². The number of carbonyl (C=O) groups excluding carboxylic acids is 2. The van der Waals surface area contributed by atoms with Crippen LogP contribution in [0.1, 0.15) is 0 Å². The van der Waals surface area contributed by atoms with Crippen LogP contribution in [0.3, 0.4) is 0 Å². The van der Waals surface area contributed by atoms with Crippen molar-refractivity contribution < 1.29 is 34.0 Å². The van der Waals surface area contributed by atoms with Gasteiger partial charge in [0.15, 0.2) is 30.4 Å². The SMILES string of the molecule is COC(=O)[C@H]1O[C@@H](OC)[C@H](O)C(=O)[C@@H]1O. The van der Waals surface area contributed by atoms with E-state index in [0.717, 1.165) is 7.11 Å². The van der Waals surface area contributed by atoms with Crippen molar-refractivity contribution in [2.24, 2.45) is 0 Å². The van der Waals surface area contributed by atoms with Gasteiger partial charge in [0.2, 0.25) is 0 Å². The van der Waals surface area contributed by atoms with Crippen LogP contribution in [0.2, 0.25) is 0 Å². The van der Waals surface area contributed by atoms with Gasteiger partial charge >= 0.3 is 5.97 Å². The van der Waals surface area contributed by atoms with E-state index in [9.17, 15) is 19.8 Å². The normalized spacial score (nSPS) is 36.4. The third kappa shape index (κ3) is 2.15. The smallest absolute Gasteiger partial charge is 0.338 e. The largest absolute Gasteiger partial charge is 0.467 e. The average Bonchev–Trinajstić information content (AvgIpc) is 2.25. The Morgan fingerprint density at radius 1 is 1.33 bits per heavy atom. The molecule has 1 saturated heterocycles. The molecule has 1 fully saturated rings. The van der Waals surface area contributed by atoms with Crippen LogP contribution in [-0.2, 0) is 23.8 Å². The number of ether oxygens (including phenoxy) is 3. The number of methoxy groups -OCH3 is 2. The Morgan fingerprint density at radius 2 is 1.93 bits per heavy atom. The van der Waals surface area contributed by atoms with Gasteiger partial charge in [-0.1, -0.05) is 0 Å². The maximum Gasteiger partial charge on any atom is 0.338 e. The maximum atomic E-state index is 11.3. The van der Waals surface area contributed by atoms with Gasteiger partial charge in [-0.25, -0.2) is 4.79 Å². The minimum absolute atomic E-state index is 0.898. The van der Waals surface area contributed by atoms with Crippen molar-refractivity contribution in [2.45, 2.75) is 24.6 Å². The second-order valence-electron chi connectivity index (χ2n) is 2.98. The van der Waals surface area contributed by atoms with Crippen LogP contribution in [0.15, 0.2) is 0 Å². The molecule has 1 aliphatic rings. The number of rotatable bonds is 2. The lowest BCUT2D eigenvalue weighted by molar-refractivity contribution is -0.245. The van der Waals surface area contributed by atoms with Crippen LogP contribution in [-0.4, -0.2) is 60.8 Å². The Morgan fingerprint density at radius 3 is 2.40 bits per heavy atom. The second-order valence-corrected chi connectivity index (χ2v) is 2.98. The van der Waals surface area contributed by atoms with Crippen LogP contribution < -0.4 is 0 Å². The van der Waals surface area contributed by atoms with Crippen molar-refractivity contribution in [1.29, 1.82) is 0 Å². The fraction of sp³-hybridized carbons (Fsp3) is 0.750. The van der Waals surface area contributed by atoms with E-state index >= 15 is 0 Å². The summed E-state index contributed by atoms with van der Waals surface area (Å²) in [5.74, 6) is -1.83. The number of hydrogen-bond acceptors (Lipinski definition) is 7. The molecule has 0 aromatic carbocycles. The summed E-state index contributed by atoms with van der Waals surface area (Å²) in [5.41, 5.74) is 0. The minimum Gasteiger partial charge on any atom is -0.467 e. The van der Waals surface area contributed by atoms with Crippen molar-refractivity contribution >= 4 is 11.8 Å². The molecule has 0 spiro atoms. The van der Waals surface area contributed by atoms with E-state index < -0.39 is 36.4 Å². The Hall–Kier alpha value is -1.02. The van der Waals surface area contributed by atoms with E-state index in [0.29, 0.717) is 0 Å². The summed E-state index contributed by atoms with van der Waals surface area (Å²) >= 11 is 0. The van der Waals surface area contributed by atoms with Gasteiger partial charge in [-0.2, -0.15) is 0 Å². The lowest BCUT2D eigenvalue weighted by atomic mass is 10.0. The molecule has 0 radical (unpaired) electrons. The van der Waals surface area contributed by atoms with Crippen LogP contribution >= 0.6 is 0 Å². The zero-order chi connectivity index (χ0) is 11.6. The highest BCUT2D eigenvalue weighted by Gasteiger charge is 2.47. The molecule has 0 amide bonds. The zero-order valence-electron chi connectivity index (χ0n) is 8.25. The van der Waals surface area contributed by atoms with E-state index in [4.69, 9.17) is 4.74 Å². The molecule has 0 bridgehead atoms. The summed E-state index contributed by atoms with van der Waals surface area (Å²) in [6, 6.07) is 0. The number of hydrogen-bond donors (Lipinski definition) is 2. The lowest BCUT2D eigenvalue weighted by Crippen LogP contribution is -2.58. The fourth-order valence-electron chi connectivity index (χ4n) is 1.24. The first-order valence-electron chi connectivity index (χ1n) is 4.19. The summed E-state index contributed by atoms with van der Waals surface area (Å²) in [5, 5.41) is 18.6. The van der Waals surface area contributed by atoms with Gasteiger partial charge in [-0.05, 0) is 0 Å². The van der Waals surface area contributed by atoms with Crippen LogP contribution in [0.5, 0.6) is 0 Å².